The lowest BCUT2D eigenvalue weighted by Crippen LogP contribution is -2.36. The topological polar surface area (TPSA) is 66.4 Å². The summed E-state index contributed by atoms with van der Waals surface area (Å²) >= 11 is 1.82. The zero-order chi connectivity index (χ0) is 14.5. The van der Waals surface area contributed by atoms with Gasteiger partial charge in [0, 0.05) is 23.0 Å². The minimum Gasteiger partial charge on any atom is -0.481 e. The normalized spacial score (nSPS) is 23.9. The van der Waals surface area contributed by atoms with Crippen molar-refractivity contribution < 1.29 is 14.7 Å². The van der Waals surface area contributed by atoms with E-state index in [4.69, 9.17) is 5.11 Å². The number of aliphatic carboxylic acids is 1. The number of amides is 1. The number of nitrogens with one attached hydrogen (secondary N) is 1. The lowest BCUT2D eigenvalue weighted by molar-refractivity contribution is -0.144. The second-order valence-electron chi connectivity index (χ2n) is 6.15. The molecule has 0 aliphatic heterocycles. The van der Waals surface area contributed by atoms with Crippen molar-refractivity contribution in [2.75, 3.05) is 12.3 Å². The van der Waals surface area contributed by atoms with Crippen molar-refractivity contribution in [2.24, 2.45) is 11.8 Å². The molecule has 1 aliphatic rings. The Bertz CT molecular complexity index is 325. The van der Waals surface area contributed by atoms with E-state index in [2.05, 4.69) is 26.1 Å². The third-order valence-corrected chi connectivity index (χ3v) is 4.60. The molecule has 5 heteroatoms. The Morgan fingerprint density at radius 1 is 1.26 bits per heavy atom. The first-order chi connectivity index (χ1) is 8.79. The summed E-state index contributed by atoms with van der Waals surface area (Å²) in [4.78, 5) is 22.9. The summed E-state index contributed by atoms with van der Waals surface area (Å²) in [7, 11) is 0. The van der Waals surface area contributed by atoms with Gasteiger partial charge in [-0.15, -0.1) is 0 Å². The first-order valence-corrected chi connectivity index (χ1v) is 7.92. The monoisotopic (exact) mass is 287 g/mol. The number of rotatable bonds is 5. The number of carboxylic acid groups (broad SMARTS) is 1. The summed E-state index contributed by atoms with van der Waals surface area (Å²) in [5.41, 5.74) is 0. The van der Waals surface area contributed by atoms with Crippen molar-refractivity contribution in [3.05, 3.63) is 0 Å². The first kappa shape index (κ1) is 16.3. The number of carbonyl (C=O) groups is 2. The van der Waals surface area contributed by atoms with Crippen LogP contribution in [0.15, 0.2) is 0 Å². The maximum atomic E-state index is 12.0. The molecule has 1 amide bonds. The molecule has 0 radical (unpaired) electrons. The zero-order valence-corrected chi connectivity index (χ0v) is 12.9. The molecular formula is C14H25NO3S. The van der Waals surface area contributed by atoms with Crippen molar-refractivity contribution in [3.8, 4) is 0 Å². The van der Waals surface area contributed by atoms with Gasteiger partial charge < -0.3 is 10.4 Å². The number of carboxylic acids is 1. The Balaban J connectivity index is 2.27. The van der Waals surface area contributed by atoms with E-state index in [-0.39, 0.29) is 22.5 Å². The largest absolute Gasteiger partial charge is 0.481 e. The predicted molar refractivity (Wildman–Crippen MR) is 78.3 cm³/mol. The van der Waals surface area contributed by atoms with E-state index in [1.54, 1.807) is 0 Å². The molecule has 1 aliphatic carbocycles. The minimum atomic E-state index is -0.763. The second-order valence-corrected chi connectivity index (χ2v) is 8.07. The standard InChI is InChI=1S/C14H25NO3S/c1-14(2,3)19-8-7-15-12(16)10-5-4-6-11(9-10)13(17)18/h10-11H,4-9H2,1-3H3,(H,15,16)(H,17,18). The number of hydrogen-bond donors (Lipinski definition) is 2. The highest BCUT2D eigenvalue weighted by atomic mass is 32.2. The van der Waals surface area contributed by atoms with Crippen molar-refractivity contribution in [2.45, 2.75) is 51.2 Å². The summed E-state index contributed by atoms with van der Waals surface area (Å²) in [6.07, 6.45) is 2.86. The van der Waals surface area contributed by atoms with Gasteiger partial charge in [0.2, 0.25) is 5.91 Å². The van der Waals surface area contributed by atoms with Gasteiger partial charge in [0.05, 0.1) is 5.92 Å². The molecule has 0 aromatic rings. The molecular weight excluding hydrogens is 262 g/mol. The van der Waals surface area contributed by atoms with Gasteiger partial charge in [-0.05, 0) is 19.3 Å². The van der Waals surface area contributed by atoms with Gasteiger partial charge in [-0.3, -0.25) is 9.59 Å². The molecule has 1 saturated carbocycles. The Morgan fingerprint density at radius 3 is 2.47 bits per heavy atom. The predicted octanol–water partition coefficient (Wildman–Crippen LogP) is 2.53. The molecule has 0 aromatic heterocycles. The fraction of sp³-hybridized carbons (Fsp3) is 0.857. The molecule has 0 spiro atoms. The van der Waals surface area contributed by atoms with Crippen molar-refractivity contribution in [1.82, 2.24) is 5.32 Å². The summed E-state index contributed by atoms with van der Waals surface area (Å²) in [6.45, 7) is 7.11. The van der Waals surface area contributed by atoms with Gasteiger partial charge in [-0.1, -0.05) is 27.2 Å². The lowest BCUT2D eigenvalue weighted by Gasteiger charge is -2.26. The van der Waals surface area contributed by atoms with Crippen LogP contribution in [0, 0.1) is 11.8 Å². The van der Waals surface area contributed by atoms with Gasteiger partial charge in [0.15, 0.2) is 0 Å². The smallest absolute Gasteiger partial charge is 0.306 e. The molecule has 2 atom stereocenters. The molecule has 0 saturated heterocycles. The Hall–Kier alpha value is -0.710. The van der Waals surface area contributed by atoms with E-state index >= 15 is 0 Å². The molecule has 110 valence electrons. The first-order valence-electron chi connectivity index (χ1n) is 6.94. The van der Waals surface area contributed by atoms with Crippen LogP contribution in [0.3, 0.4) is 0 Å². The van der Waals surface area contributed by atoms with Gasteiger partial charge in [-0.2, -0.15) is 11.8 Å². The summed E-state index contributed by atoms with van der Waals surface area (Å²) in [5.74, 6) is -0.297. The van der Waals surface area contributed by atoms with E-state index < -0.39 is 5.97 Å². The van der Waals surface area contributed by atoms with Crippen molar-refractivity contribution in [3.63, 3.8) is 0 Å². The van der Waals surface area contributed by atoms with Gasteiger partial charge in [0.1, 0.15) is 0 Å². The van der Waals surface area contributed by atoms with Crippen molar-refractivity contribution in [1.29, 1.82) is 0 Å². The fourth-order valence-electron chi connectivity index (χ4n) is 2.33. The SMILES string of the molecule is CC(C)(C)SCCNC(=O)C1CCCC(C(=O)O)C1. The van der Waals surface area contributed by atoms with E-state index in [1.165, 1.54) is 0 Å². The molecule has 0 heterocycles. The molecule has 1 fully saturated rings. The summed E-state index contributed by atoms with van der Waals surface area (Å²) in [5, 5.41) is 11.9. The Morgan fingerprint density at radius 2 is 1.89 bits per heavy atom. The van der Waals surface area contributed by atoms with Crippen LogP contribution in [0.25, 0.3) is 0 Å². The molecule has 19 heavy (non-hydrogen) atoms. The highest BCUT2D eigenvalue weighted by molar-refractivity contribution is 8.00. The van der Waals surface area contributed by atoms with Crippen LogP contribution in [0.5, 0.6) is 0 Å². The van der Waals surface area contributed by atoms with Crippen LogP contribution >= 0.6 is 11.8 Å². The molecule has 2 N–H and O–H groups in total. The molecule has 1 rings (SSSR count). The molecule has 0 aromatic carbocycles. The maximum Gasteiger partial charge on any atom is 0.306 e. The summed E-state index contributed by atoms with van der Waals surface area (Å²) < 4.78 is 0.212. The van der Waals surface area contributed by atoms with Crippen LogP contribution in [-0.4, -0.2) is 34.0 Å². The molecule has 4 nitrogen and oxygen atoms in total. The van der Waals surface area contributed by atoms with E-state index in [0.717, 1.165) is 18.6 Å². The Kier molecular flexibility index (Phi) is 6.17. The quantitative estimate of drug-likeness (QED) is 0.763. The minimum absolute atomic E-state index is 0.0282. The maximum absolute atomic E-state index is 12.0. The average molecular weight is 287 g/mol. The van der Waals surface area contributed by atoms with Crippen LogP contribution in [-0.2, 0) is 9.59 Å². The second kappa shape index (κ2) is 7.17. The van der Waals surface area contributed by atoms with Gasteiger partial charge >= 0.3 is 5.97 Å². The third kappa shape index (κ3) is 6.32. The van der Waals surface area contributed by atoms with E-state index in [1.807, 2.05) is 11.8 Å². The summed E-state index contributed by atoms with van der Waals surface area (Å²) in [6, 6.07) is 0. The van der Waals surface area contributed by atoms with Gasteiger partial charge in [0.25, 0.3) is 0 Å². The number of thioether (sulfide) groups is 1. The lowest BCUT2D eigenvalue weighted by atomic mass is 9.81. The fourth-order valence-corrected chi connectivity index (χ4v) is 3.14. The van der Waals surface area contributed by atoms with Gasteiger partial charge in [-0.25, -0.2) is 0 Å². The van der Waals surface area contributed by atoms with Crippen molar-refractivity contribution >= 4 is 23.6 Å². The molecule has 0 bridgehead atoms. The van der Waals surface area contributed by atoms with Crippen LogP contribution < -0.4 is 5.32 Å². The number of carbonyl (C=O) groups excluding carboxylic acids is 1. The highest BCUT2D eigenvalue weighted by Crippen LogP contribution is 2.29. The van der Waals surface area contributed by atoms with Crippen LogP contribution in [0.4, 0.5) is 0 Å². The van der Waals surface area contributed by atoms with E-state index in [9.17, 15) is 9.59 Å². The van der Waals surface area contributed by atoms with Crippen LogP contribution in [0.2, 0.25) is 0 Å². The zero-order valence-electron chi connectivity index (χ0n) is 12.1. The van der Waals surface area contributed by atoms with Crippen LogP contribution in [0.1, 0.15) is 46.5 Å². The average Bonchev–Trinajstić information content (AvgIpc) is 2.33. The molecule has 2 unspecified atom stereocenters. The number of hydrogen-bond acceptors (Lipinski definition) is 3. The Labute approximate surface area is 119 Å². The highest BCUT2D eigenvalue weighted by Gasteiger charge is 2.30. The third-order valence-electron chi connectivity index (χ3n) is 3.33. The van der Waals surface area contributed by atoms with E-state index in [0.29, 0.717) is 19.4 Å².